The molecule has 2 aromatic carbocycles. The van der Waals surface area contributed by atoms with E-state index in [9.17, 15) is 19.2 Å². The summed E-state index contributed by atoms with van der Waals surface area (Å²) in [7, 11) is 0. The fourth-order valence-electron chi connectivity index (χ4n) is 3.82. The van der Waals surface area contributed by atoms with Crippen LogP contribution in [0.15, 0.2) is 48.5 Å². The molecule has 0 spiro atoms. The van der Waals surface area contributed by atoms with Gasteiger partial charge in [0.05, 0.1) is 6.54 Å². The van der Waals surface area contributed by atoms with Gasteiger partial charge in [-0.25, -0.2) is 5.48 Å². The molecule has 2 atom stereocenters. The number of nitrogens with zero attached hydrogens (tertiary/aromatic N) is 1. The minimum atomic E-state index is -1.05. The SMILES string of the molecule is C.CC(=O)N[C@@H]1CCN(CC(=O)Nc2ccc(C#Cc3ccc(C(=O)N[C@@H](CN)C(=O)NO)cc3)cc2)C1. The van der Waals surface area contributed by atoms with Gasteiger partial charge < -0.3 is 21.7 Å². The Morgan fingerprint density at radius 2 is 1.66 bits per heavy atom. The number of hydroxylamine groups is 1. The van der Waals surface area contributed by atoms with E-state index in [4.69, 9.17) is 10.9 Å². The second-order valence-corrected chi connectivity index (χ2v) is 8.61. The lowest BCUT2D eigenvalue weighted by atomic mass is 10.1. The van der Waals surface area contributed by atoms with Crippen LogP contribution in [-0.4, -0.2) is 72.0 Å². The predicted octanol–water partition coefficient (Wildman–Crippen LogP) is 0.434. The molecule has 11 heteroatoms. The second kappa shape index (κ2) is 14.5. The summed E-state index contributed by atoms with van der Waals surface area (Å²) in [6.45, 7) is 3.00. The van der Waals surface area contributed by atoms with Crippen LogP contribution in [0.5, 0.6) is 0 Å². The van der Waals surface area contributed by atoms with Gasteiger partial charge in [0.1, 0.15) is 6.04 Å². The highest BCUT2D eigenvalue weighted by Crippen LogP contribution is 2.12. The Labute approximate surface area is 222 Å². The van der Waals surface area contributed by atoms with Gasteiger partial charge in [-0.1, -0.05) is 19.3 Å². The van der Waals surface area contributed by atoms with Gasteiger partial charge in [-0.15, -0.1) is 0 Å². The molecule has 7 N–H and O–H groups in total. The van der Waals surface area contributed by atoms with Crippen LogP contribution in [0, 0.1) is 11.8 Å². The van der Waals surface area contributed by atoms with Crippen molar-refractivity contribution in [2.45, 2.75) is 32.9 Å². The van der Waals surface area contributed by atoms with E-state index in [1.807, 2.05) is 4.90 Å². The van der Waals surface area contributed by atoms with Gasteiger partial charge in [0, 0.05) is 55.0 Å². The monoisotopic (exact) mass is 522 g/mol. The number of carbonyl (C=O) groups excluding carboxylic acids is 4. The first-order valence-corrected chi connectivity index (χ1v) is 11.7. The Morgan fingerprint density at radius 3 is 2.21 bits per heavy atom. The maximum atomic E-state index is 12.4. The maximum absolute atomic E-state index is 12.4. The van der Waals surface area contributed by atoms with Crippen LogP contribution in [0.1, 0.15) is 42.3 Å². The number of hydrogen-bond acceptors (Lipinski definition) is 7. The molecule has 202 valence electrons. The molecule has 2 aromatic rings. The zero-order valence-corrected chi connectivity index (χ0v) is 20.4. The first-order valence-electron chi connectivity index (χ1n) is 11.7. The average Bonchev–Trinajstić information content (AvgIpc) is 3.32. The van der Waals surface area contributed by atoms with E-state index in [0.717, 1.165) is 18.5 Å². The molecule has 1 aliphatic heterocycles. The Kier molecular flexibility index (Phi) is 11.4. The van der Waals surface area contributed by atoms with Crippen LogP contribution in [-0.2, 0) is 14.4 Å². The van der Waals surface area contributed by atoms with Crippen molar-refractivity contribution < 1.29 is 24.4 Å². The summed E-state index contributed by atoms with van der Waals surface area (Å²) in [5.74, 6) is 4.55. The van der Waals surface area contributed by atoms with E-state index in [1.165, 1.54) is 12.4 Å². The predicted molar refractivity (Wildman–Crippen MR) is 143 cm³/mol. The smallest absolute Gasteiger partial charge is 0.267 e. The third kappa shape index (κ3) is 9.01. The number of carbonyl (C=O) groups is 4. The minimum Gasteiger partial charge on any atom is -0.352 e. The molecule has 1 fully saturated rings. The fourth-order valence-corrected chi connectivity index (χ4v) is 3.82. The maximum Gasteiger partial charge on any atom is 0.267 e. The summed E-state index contributed by atoms with van der Waals surface area (Å²) in [6, 6.07) is 12.7. The Bertz CT molecular complexity index is 1190. The number of benzene rings is 2. The summed E-state index contributed by atoms with van der Waals surface area (Å²) < 4.78 is 0. The van der Waals surface area contributed by atoms with Gasteiger partial charge in [0.15, 0.2) is 0 Å². The molecule has 38 heavy (non-hydrogen) atoms. The Balaban J connectivity index is 0.00000507. The van der Waals surface area contributed by atoms with E-state index in [-0.39, 0.29) is 38.4 Å². The highest BCUT2D eigenvalue weighted by molar-refractivity contribution is 5.97. The van der Waals surface area contributed by atoms with Crippen LogP contribution in [0.2, 0.25) is 0 Å². The number of anilines is 1. The second-order valence-electron chi connectivity index (χ2n) is 8.61. The molecule has 3 rings (SSSR count). The van der Waals surface area contributed by atoms with Crippen molar-refractivity contribution in [1.82, 2.24) is 21.0 Å². The highest BCUT2D eigenvalue weighted by atomic mass is 16.5. The molecule has 0 aliphatic carbocycles. The average molecular weight is 523 g/mol. The van der Waals surface area contributed by atoms with Crippen molar-refractivity contribution in [3.05, 3.63) is 65.2 Å². The highest BCUT2D eigenvalue weighted by Gasteiger charge is 2.24. The van der Waals surface area contributed by atoms with Gasteiger partial charge >= 0.3 is 0 Å². The fraction of sp³-hybridized carbons (Fsp3) is 0.333. The largest absolute Gasteiger partial charge is 0.352 e. The van der Waals surface area contributed by atoms with E-state index >= 15 is 0 Å². The van der Waals surface area contributed by atoms with E-state index in [2.05, 4.69) is 27.8 Å². The lowest BCUT2D eigenvalue weighted by Gasteiger charge is -2.16. The zero-order valence-electron chi connectivity index (χ0n) is 20.4. The first-order chi connectivity index (χ1) is 17.8. The number of likely N-dealkylation sites (tertiary alicyclic amines) is 1. The van der Waals surface area contributed by atoms with Crippen molar-refractivity contribution in [2.24, 2.45) is 5.73 Å². The van der Waals surface area contributed by atoms with Gasteiger partial charge in [-0.3, -0.25) is 29.3 Å². The topological polar surface area (TPSA) is 166 Å². The zero-order chi connectivity index (χ0) is 26.8. The van der Waals surface area contributed by atoms with Crippen molar-refractivity contribution in [1.29, 1.82) is 0 Å². The third-order valence-corrected chi connectivity index (χ3v) is 5.68. The number of nitrogens with two attached hydrogens (primary N) is 1. The van der Waals surface area contributed by atoms with Crippen molar-refractivity contribution >= 4 is 29.3 Å². The molecule has 0 unspecified atom stereocenters. The first kappa shape index (κ1) is 30.0. The molecular formula is C27H34N6O5. The van der Waals surface area contributed by atoms with Crippen molar-refractivity contribution in [3.8, 4) is 11.8 Å². The Hall–Kier alpha value is -4.24. The molecule has 0 saturated carbocycles. The summed E-state index contributed by atoms with van der Waals surface area (Å²) in [6.07, 6.45) is 0.828. The minimum absolute atomic E-state index is 0. The van der Waals surface area contributed by atoms with Crippen LogP contribution in [0.25, 0.3) is 0 Å². The van der Waals surface area contributed by atoms with Crippen LogP contribution in [0.4, 0.5) is 5.69 Å². The van der Waals surface area contributed by atoms with Gasteiger partial charge in [-0.05, 0) is 55.0 Å². The van der Waals surface area contributed by atoms with Gasteiger partial charge in [-0.2, -0.15) is 0 Å². The number of hydrogen-bond donors (Lipinski definition) is 6. The van der Waals surface area contributed by atoms with E-state index < -0.39 is 17.9 Å². The molecule has 1 aliphatic rings. The number of nitrogens with one attached hydrogen (secondary N) is 4. The van der Waals surface area contributed by atoms with Gasteiger partial charge in [0.25, 0.3) is 11.8 Å². The van der Waals surface area contributed by atoms with Crippen molar-refractivity contribution in [2.75, 3.05) is 31.5 Å². The molecule has 11 nitrogen and oxygen atoms in total. The quantitative estimate of drug-likeness (QED) is 0.166. The number of rotatable bonds is 8. The van der Waals surface area contributed by atoms with Crippen LogP contribution in [0.3, 0.4) is 0 Å². The standard InChI is InChI=1S/C26H30N6O5.CH4/c1-17(33)28-22-12-13-32(15-22)16-24(34)29-21-10-6-19(7-11-21)3-2-18-4-8-20(9-5-18)25(35)30-23(14-27)26(36)31-37;/h4-11,22-23,37H,12-16,27H2,1H3,(H,28,33)(H,29,34)(H,30,35)(H,31,36);1H4/t22-,23+;/m1./s1. The lowest BCUT2D eigenvalue weighted by Crippen LogP contribution is -2.50. The number of amides is 4. The van der Waals surface area contributed by atoms with Gasteiger partial charge in [0.2, 0.25) is 11.8 Å². The summed E-state index contributed by atoms with van der Waals surface area (Å²) in [5, 5.41) is 16.9. The van der Waals surface area contributed by atoms with Crippen molar-refractivity contribution in [3.63, 3.8) is 0 Å². The molecule has 0 bridgehead atoms. The summed E-state index contributed by atoms with van der Waals surface area (Å²) >= 11 is 0. The summed E-state index contributed by atoms with van der Waals surface area (Å²) in [4.78, 5) is 49.3. The Morgan fingerprint density at radius 1 is 1.05 bits per heavy atom. The van der Waals surface area contributed by atoms with E-state index in [0.29, 0.717) is 23.4 Å². The molecule has 0 radical (unpaired) electrons. The summed E-state index contributed by atoms with van der Waals surface area (Å²) in [5.41, 5.74) is 9.31. The molecule has 4 amide bonds. The molecular weight excluding hydrogens is 488 g/mol. The molecule has 1 heterocycles. The lowest BCUT2D eigenvalue weighted by molar-refractivity contribution is -0.131. The van der Waals surface area contributed by atoms with Crippen LogP contribution >= 0.6 is 0 Å². The van der Waals surface area contributed by atoms with E-state index in [1.54, 1.807) is 48.5 Å². The molecule has 0 aromatic heterocycles. The molecule has 1 saturated heterocycles. The third-order valence-electron chi connectivity index (χ3n) is 5.68. The van der Waals surface area contributed by atoms with Crippen LogP contribution < -0.4 is 27.2 Å². The normalized spacial score (nSPS) is 15.2.